The van der Waals surface area contributed by atoms with Gasteiger partial charge in [0.25, 0.3) is 0 Å². The Bertz CT molecular complexity index is 804. The van der Waals surface area contributed by atoms with E-state index in [1.54, 1.807) is 11.3 Å². The van der Waals surface area contributed by atoms with Crippen LogP contribution in [0.25, 0.3) is 0 Å². The van der Waals surface area contributed by atoms with Crippen molar-refractivity contribution in [2.24, 2.45) is 16.3 Å². The van der Waals surface area contributed by atoms with Gasteiger partial charge in [-0.05, 0) is 76.4 Å². The predicted octanol–water partition coefficient (Wildman–Crippen LogP) is 6.13. The number of thiophene rings is 1. The van der Waals surface area contributed by atoms with Crippen molar-refractivity contribution in [3.8, 4) is 6.07 Å². The van der Waals surface area contributed by atoms with E-state index in [0.717, 1.165) is 29.0 Å². The van der Waals surface area contributed by atoms with Gasteiger partial charge in [-0.15, -0.1) is 11.3 Å². The molecule has 3 rings (SSSR count). The molecule has 0 N–H and O–H groups in total. The number of rotatable bonds is 2. The molecule has 1 atom stereocenters. The molecule has 0 saturated carbocycles. The Balaban J connectivity index is 1.89. The summed E-state index contributed by atoms with van der Waals surface area (Å²) in [7, 11) is 0. The summed E-state index contributed by atoms with van der Waals surface area (Å²) in [5.41, 5.74) is 3.43. The summed E-state index contributed by atoms with van der Waals surface area (Å²) in [5, 5.41) is 10.5. The number of nitrogens with zero attached hydrogens (tertiary/aromatic N) is 2. The SMILES string of the molecule is CC(C)(C)[C@@H]1CCc2c(sc(N=Cc3ccc(I)cc3)c2C#N)C1. The minimum atomic E-state index is 0.319. The maximum absolute atomic E-state index is 9.60. The Morgan fingerprint density at radius 3 is 2.62 bits per heavy atom. The molecule has 0 saturated heterocycles. The first-order valence-electron chi connectivity index (χ1n) is 8.22. The van der Waals surface area contributed by atoms with E-state index in [1.165, 1.54) is 20.4 Å². The summed E-state index contributed by atoms with van der Waals surface area (Å²) in [5.74, 6) is 0.684. The van der Waals surface area contributed by atoms with Gasteiger partial charge < -0.3 is 0 Å². The quantitative estimate of drug-likeness (QED) is 0.403. The van der Waals surface area contributed by atoms with Gasteiger partial charge in [-0.2, -0.15) is 5.26 Å². The lowest BCUT2D eigenvalue weighted by atomic mass is 9.72. The number of hydrogen-bond acceptors (Lipinski definition) is 3. The second kappa shape index (κ2) is 6.97. The Morgan fingerprint density at radius 2 is 2.00 bits per heavy atom. The molecule has 0 spiro atoms. The number of benzene rings is 1. The first-order chi connectivity index (χ1) is 11.4. The summed E-state index contributed by atoms with van der Waals surface area (Å²) in [6.45, 7) is 6.95. The highest BCUT2D eigenvalue weighted by Gasteiger charge is 2.32. The van der Waals surface area contributed by atoms with Crippen LogP contribution in [-0.4, -0.2) is 6.21 Å². The van der Waals surface area contributed by atoms with Crippen molar-refractivity contribution in [3.63, 3.8) is 0 Å². The molecule has 0 amide bonds. The van der Waals surface area contributed by atoms with Crippen LogP contribution in [0.2, 0.25) is 0 Å². The maximum atomic E-state index is 9.60. The van der Waals surface area contributed by atoms with Crippen LogP contribution in [0.5, 0.6) is 0 Å². The van der Waals surface area contributed by atoms with Crippen LogP contribution >= 0.6 is 33.9 Å². The standard InChI is InChI=1S/C20H21IN2S/c1-20(2,3)14-6-9-16-17(11-22)19(24-18(16)10-14)23-12-13-4-7-15(21)8-5-13/h4-5,7-8,12,14H,6,9-10H2,1-3H3/t14-/m1/s1. The summed E-state index contributed by atoms with van der Waals surface area (Å²) < 4.78 is 1.21. The Labute approximate surface area is 161 Å². The van der Waals surface area contributed by atoms with Crippen LogP contribution in [0.3, 0.4) is 0 Å². The monoisotopic (exact) mass is 448 g/mol. The number of halogens is 1. The van der Waals surface area contributed by atoms with Crippen LogP contribution in [0, 0.1) is 26.2 Å². The van der Waals surface area contributed by atoms with Crippen molar-refractivity contribution in [2.45, 2.75) is 40.0 Å². The highest BCUT2D eigenvalue weighted by molar-refractivity contribution is 14.1. The molecule has 0 unspecified atom stereocenters. The minimum Gasteiger partial charge on any atom is -0.244 e. The molecule has 0 bridgehead atoms. The Kier molecular flexibility index (Phi) is 5.12. The van der Waals surface area contributed by atoms with E-state index < -0.39 is 0 Å². The fraction of sp³-hybridized carbons (Fsp3) is 0.400. The summed E-state index contributed by atoms with van der Waals surface area (Å²) in [4.78, 5) is 6.01. The maximum Gasteiger partial charge on any atom is 0.134 e. The van der Waals surface area contributed by atoms with Gasteiger partial charge in [-0.25, -0.2) is 4.99 Å². The average molecular weight is 448 g/mol. The van der Waals surface area contributed by atoms with Crippen LogP contribution < -0.4 is 0 Å². The first kappa shape index (κ1) is 17.6. The molecule has 24 heavy (non-hydrogen) atoms. The molecule has 1 aliphatic carbocycles. The second-order valence-corrected chi connectivity index (χ2v) is 9.74. The van der Waals surface area contributed by atoms with Gasteiger partial charge in [0.1, 0.15) is 11.1 Å². The van der Waals surface area contributed by atoms with Gasteiger partial charge in [0, 0.05) is 14.7 Å². The number of hydrogen-bond donors (Lipinski definition) is 0. The van der Waals surface area contributed by atoms with Gasteiger partial charge in [-0.1, -0.05) is 32.9 Å². The minimum absolute atomic E-state index is 0.319. The third-order valence-corrected chi connectivity index (χ3v) is 6.67. The predicted molar refractivity (Wildman–Crippen MR) is 110 cm³/mol. The lowest BCUT2D eigenvalue weighted by Crippen LogP contribution is -2.26. The smallest absolute Gasteiger partial charge is 0.134 e. The molecule has 1 aliphatic rings. The molecule has 2 aromatic rings. The highest BCUT2D eigenvalue weighted by atomic mass is 127. The zero-order valence-corrected chi connectivity index (χ0v) is 17.2. The molecule has 0 aliphatic heterocycles. The van der Waals surface area contributed by atoms with Crippen molar-refractivity contribution in [1.29, 1.82) is 5.26 Å². The van der Waals surface area contributed by atoms with Crippen molar-refractivity contribution in [1.82, 2.24) is 0 Å². The summed E-state index contributed by atoms with van der Waals surface area (Å²) in [6.07, 6.45) is 5.13. The van der Waals surface area contributed by atoms with E-state index in [0.29, 0.717) is 11.3 Å². The summed E-state index contributed by atoms with van der Waals surface area (Å²) >= 11 is 4.00. The van der Waals surface area contributed by atoms with Crippen molar-refractivity contribution in [2.75, 3.05) is 0 Å². The molecule has 124 valence electrons. The zero-order valence-electron chi connectivity index (χ0n) is 14.3. The van der Waals surface area contributed by atoms with E-state index >= 15 is 0 Å². The zero-order chi connectivity index (χ0) is 17.3. The topological polar surface area (TPSA) is 36.1 Å². The van der Waals surface area contributed by atoms with Crippen molar-refractivity contribution >= 4 is 45.1 Å². The third-order valence-electron chi connectivity index (χ3n) is 4.78. The molecular weight excluding hydrogens is 427 g/mol. The Morgan fingerprint density at radius 1 is 1.29 bits per heavy atom. The fourth-order valence-electron chi connectivity index (χ4n) is 3.20. The van der Waals surface area contributed by atoms with E-state index in [4.69, 9.17) is 0 Å². The number of aliphatic imine (C=N–C) groups is 1. The molecular formula is C20H21IN2S. The molecule has 1 aromatic heterocycles. The van der Waals surface area contributed by atoms with E-state index in [9.17, 15) is 5.26 Å². The molecule has 2 nitrogen and oxygen atoms in total. The lowest BCUT2D eigenvalue weighted by molar-refractivity contribution is 0.218. The van der Waals surface area contributed by atoms with Crippen molar-refractivity contribution < 1.29 is 0 Å². The van der Waals surface area contributed by atoms with Crippen LogP contribution in [0.1, 0.15) is 48.8 Å². The Hall–Kier alpha value is -1.19. The van der Waals surface area contributed by atoms with Crippen LogP contribution in [-0.2, 0) is 12.8 Å². The van der Waals surface area contributed by atoms with Gasteiger partial charge in [-0.3, -0.25) is 0 Å². The highest BCUT2D eigenvalue weighted by Crippen LogP contribution is 2.44. The van der Waals surface area contributed by atoms with Gasteiger partial charge in [0.2, 0.25) is 0 Å². The van der Waals surface area contributed by atoms with E-state index in [-0.39, 0.29) is 0 Å². The van der Waals surface area contributed by atoms with E-state index in [1.807, 2.05) is 6.21 Å². The summed E-state index contributed by atoms with van der Waals surface area (Å²) in [6, 6.07) is 10.7. The van der Waals surface area contributed by atoms with E-state index in [2.05, 4.69) is 78.7 Å². The molecule has 0 fully saturated rings. The molecule has 1 heterocycles. The van der Waals surface area contributed by atoms with Gasteiger partial charge >= 0.3 is 0 Å². The van der Waals surface area contributed by atoms with Crippen LogP contribution in [0.4, 0.5) is 5.00 Å². The first-order valence-corrected chi connectivity index (χ1v) is 10.1. The molecule has 0 radical (unpaired) electrons. The van der Waals surface area contributed by atoms with Crippen LogP contribution in [0.15, 0.2) is 29.3 Å². The van der Waals surface area contributed by atoms with Crippen molar-refractivity contribution in [3.05, 3.63) is 49.4 Å². The van der Waals surface area contributed by atoms with Gasteiger partial charge in [0.15, 0.2) is 0 Å². The lowest BCUT2D eigenvalue weighted by Gasteiger charge is -2.33. The number of nitriles is 1. The average Bonchev–Trinajstić information content (AvgIpc) is 2.90. The third kappa shape index (κ3) is 3.73. The normalized spacial score (nSPS) is 17.7. The fourth-order valence-corrected chi connectivity index (χ4v) is 4.78. The van der Waals surface area contributed by atoms with Gasteiger partial charge in [0.05, 0.1) is 5.56 Å². The molecule has 4 heteroatoms. The molecule has 1 aromatic carbocycles. The second-order valence-electron chi connectivity index (χ2n) is 7.41. The number of fused-ring (bicyclic) bond motifs is 1. The largest absolute Gasteiger partial charge is 0.244 e.